The first kappa shape index (κ1) is 15.3. The summed E-state index contributed by atoms with van der Waals surface area (Å²) in [4.78, 5) is 11.0. The highest BCUT2D eigenvalue weighted by Gasteiger charge is 2.47. The number of aliphatic hydroxyl groups excluding tert-OH is 1. The zero-order valence-electron chi connectivity index (χ0n) is 11.0. The standard InChI is InChI=1S/C11H20O7/c1-6(12)17-10-9(16-4)8(15-3)7(5-14-2)18-11(10)13/h7-11,13H,5H2,1-4H3/t7?,8-,9?,10?,11-/m0/s1. The molecule has 18 heavy (non-hydrogen) atoms. The van der Waals surface area contributed by atoms with Crippen molar-refractivity contribution in [3.8, 4) is 0 Å². The lowest BCUT2D eigenvalue weighted by Crippen LogP contribution is -2.61. The minimum Gasteiger partial charge on any atom is -0.454 e. The van der Waals surface area contributed by atoms with Crippen LogP contribution in [0.25, 0.3) is 0 Å². The van der Waals surface area contributed by atoms with Gasteiger partial charge in [0.25, 0.3) is 0 Å². The zero-order chi connectivity index (χ0) is 13.7. The van der Waals surface area contributed by atoms with E-state index < -0.39 is 36.7 Å². The zero-order valence-corrected chi connectivity index (χ0v) is 11.0. The monoisotopic (exact) mass is 264 g/mol. The summed E-state index contributed by atoms with van der Waals surface area (Å²) in [5.74, 6) is -0.523. The number of carbonyl (C=O) groups is 1. The van der Waals surface area contributed by atoms with E-state index in [0.717, 1.165) is 0 Å². The molecule has 0 bridgehead atoms. The molecular formula is C11H20O7. The average Bonchev–Trinajstić information content (AvgIpc) is 2.31. The number of ether oxygens (including phenoxy) is 5. The summed E-state index contributed by atoms with van der Waals surface area (Å²) >= 11 is 0. The van der Waals surface area contributed by atoms with Crippen molar-refractivity contribution >= 4 is 5.97 Å². The minimum absolute atomic E-state index is 0.238. The van der Waals surface area contributed by atoms with Gasteiger partial charge in [0.15, 0.2) is 12.4 Å². The fraction of sp³-hybridized carbons (Fsp3) is 0.909. The number of esters is 1. The number of hydrogen-bond donors (Lipinski definition) is 1. The molecule has 0 aromatic rings. The van der Waals surface area contributed by atoms with E-state index >= 15 is 0 Å². The van der Waals surface area contributed by atoms with Gasteiger partial charge in [-0.2, -0.15) is 0 Å². The fourth-order valence-electron chi connectivity index (χ4n) is 2.06. The van der Waals surface area contributed by atoms with Gasteiger partial charge in [0.2, 0.25) is 0 Å². The molecule has 1 saturated heterocycles. The highest BCUT2D eigenvalue weighted by molar-refractivity contribution is 5.66. The van der Waals surface area contributed by atoms with Gasteiger partial charge < -0.3 is 28.8 Å². The Morgan fingerprint density at radius 1 is 1.17 bits per heavy atom. The predicted octanol–water partition coefficient (Wildman–Crippen LogP) is -0.688. The Hall–Kier alpha value is -0.730. The maximum absolute atomic E-state index is 11.0. The molecule has 0 spiro atoms. The highest BCUT2D eigenvalue weighted by Crippen LogP contribution is 2.26. The summed E-state index contributed by atoms with van der Waals surface area (Å²) in [5.41, 5.74) is 0. The second-order valence-corrected chi connectivity index (χ2v) is 4.00. The van der Waals surface area contributed by atoms with Gasteiger partial charge in [-0.15, -0.1) is 0 Å². The molecule has 0 aromatic heterocycles. The predicted molar refractivity (Wildman–Crippen MR) is 59.9 cm³/mol. The van der Waals surface area contributed by atoms with E-state index in [-0.39, 0.29) is 6.61 Å². The van der Waals surface area contributed by atoms with Crippen LogP contribution >= 0.6 is 0 Å². The maximum Gasteiger partial charge on any atom is 0.303 e. The van der Waals surface area contributed by atoms with Gasteiger partial charge in [0.05, 0.1) is 6.61 Å². The van der Waals surface area contributed by atoms with Crippen LogP contribution < -0.4 is 0 Å². The lowest BCUT2D eigenvalue weighted by atomic mass is 9.98. The Morgan fingerprint density at radius 2 is 1.78 bits per heavy atom. The normalized spacial score (nSPS) is 36.4. The minimum atomic E-state index is -1.27. The van der Waals surface area contributed by atoms with Gasteiger partial charge in [-0.1, -0.05) is 0 Å². The second-order valence-electron chi connectivity index (χ2n) is 4.00. The molecular weight excluding hydrogens is 244 g/mol. The summed E-state index contributed by atoms with van der Waals surface area (Å²) in [6, 6.07) is 0. The molecule has 1 fully saturated rings. The van der Waals surface area contributed by atoms with Crippen molar-refractivity contribution in [2.75, 3.05) is 27.9 Å². The Labute approximate surface area is 106 Å². The lowest BCUT2D eigenvalue weighted by Gasteiger charge is -2.42. The van der Waals surface area contributed by atoms with Gasteiger partial charge in [0.1, 0.15) is 18.3 Å². The Bertz CT molecular complexity index is 270. The Morgan fingerprint density at radius 3 is 2.22 bits per heavy atom. The van der Waals surface area contributed by atoms with Crippen LogP contribution in [-0.2, 0) is 28.5 Å². The molecule has 0 radical (unpaired) electrons. The van der Waals surface area contributed by atoms with E-state index in [0.29, 0.717) is 0 Å². The van der Waals surface area contributed by atoms with E-state index in [1.54, 1.807) is 0 Å². The molecule has 0 aliphatic carbocycles. The largest absolute Gasteiger partial charge is 0.454 e. The van der Waals surface area contributed by atoms with Crippen molar-refractivity contribution in [2.45, 2.75) is 37.6 Å². The molecule has 7 nitrogen and oxygen atoms in total. The first-order valence-corrected chi connectivity index (χ1v) is 5.60. The van der Waals surface area contributed by atoms with Crippen LogP contribution in [0, 0.1) is 0 Å². The summed E-state index contributed by atoms with van der Waals surface area (Å²) in [6.07, 6.45) is -3.81. The number of aliphatic hydroxyl groups is 1. The van der Waals surface area contributed by atoms with Crippen molar-refractivity contribution in [1.82, 2.24) is 0 Å². The van der Waals surface area contributed by atoms with Crippen molar-refractivity contribution in [3.05, 3.63) is 0 Å². The third-order valence-electron chi connectivity index (χ3n) is 2.79. The molecule has 1 aliphatic heterocycles. The molecule has 1 N–H and O–H groups in total. The molecule has 1 aliphatic rings. The van der Waals surface area contributed by atoms with Gasteiger partial charge in [-0.3, -0.25) is 4.79 Å². The number of methoxy groups -OCH3 is 3. The maximum atomic E-state index is 11.0. The van der Waals surface area contributed by atoms with Crippen LogP contribution in [0.15, 0.2) is 0 Å². The summed E-state index contributed by atoms with van der Waals surface area (Å²) in [7, 11) is 4.46. The van der Waals surface area contributed by atoms with Gasteiger partial charge >= 0.3 is 5.97 Å². The summed E-state index contributed by atoms with van der Waals surface area (Å²) in [5, 5.41) is 9.84. The summed E-state index contributed by atoms with van der Waals surface area (Å²) in [6.45, 7) is 1.49. The average molecular weight is 264 g/mol. The number of hydrogen-bond acceptors (Lipinski definition) is 7. The first-order chi connectivity index (χ1) is 8.54. The van der Waals surface area contributed by atoms with Crippen LogP contribution in [-0.4, -0.2) is 69.7 Å². The third-order valence-corrected chi connectivity index (χ3v) is 2.79. The van der Waals surface area contributed by atoms with Gasteiger partial charge in [-0.25, -0.2) is 0 Å². The summed E-state index contributed by atoms with van der Waals surface area (Å²) < 4.78 is 25.9. The van der Waals surface area contributed by atoms with E-state index in [1.165, 1.54) is 28.3 Å². The van der Waals surface area contributed by atoms with Crippen LogP contribution in [0.2, 0.25) is 0 Å². The quantitative estimate of drug-likeness (QED) is 0.658. The van der Waals surface area contributed by atoms with Crippen molar-refractivity contribution in [3.63, 3.8) is 0 Å². The number of rotatable bonds is 5. The number of carbonyl (C=O) groups excluding carboxylic acids is 1. The van der Waals surface area contributed by atoms with Crippen molar-refractivity contribution in [1.29, 1.82) is 0 Å². The second kappa shape index (κ2) is 7.01. The molecule has 7 heteroatoms. The lowest BCUT2D eigenvalue weighted by molar-refractivity contribution is -0.298. The Balaban J connectivity index is 2.85. The van der Waals surface area contributed by atoms with Crippen LogP contribution in [0.3, 0.4) is 0 Å². The van der Waals surface area contributed by atoms with Crippen molar-refractivity contribution in [2.24, 2.45) is 0 Å². The topological polar surface area (TPSA) is 83.5 Å². The molecule has 5 atom stereocenters. The molecule has 0 amide bonds. The van der Waals surface area contributed by atoms with Crippen LogP contribution in [0.5, 0.6) is 0 Å². The van der Waals surface area contributed by atoms with E-state index in [4.69, 9.17) is 23.7 Å². The highest BCUT2D eigenvalue weighted by atomic mass is 16.7. The Kier molecular flexibility index (Phi) is 5.97. The molecule has 0 aromatic carbocycles. The van der Waals surface area contributed by atoms with Crippen LogP contribution in [0.4, 0.5) is 0 Å². The van der Waals surface area contributed by atoms with E-state index in [1.807, 2.05) is 0 Å². The van der Waals surface area contributed by atoms with Gasteiger partial charge in [0, 0.05) is 28.3 Å². The van der Waals surface area contributed by atoms with E-state index in [2.05, 4.69) is 0 Å². The molecule has 3 unspecified atom stereocenters. The SMILES string of the molecule is COCC1O[C@H](O)C(OC(C)=O)C(OC)[C@H]1OC. The van der Waals surface area contributed by atoms with E-state index in [9.17, 15) is 9.90 Å². The third kappa shape index (κ3) is 3.39. The molecule has 106 valence electrons. The van der Waals surface area contributed by atoms with Gasteiger partial charge in [-0.05, 0) is 0 Å². The van der Waals surface area contributed by atoms with Crippen molar-refractivity contribution < 1.29 is 33.6 Å². The molecule has 0 saturated carbocycles. The molecule has 1 rings (SSSR count). The van der Waals surface area contributed by atoms with Crippen LogP contribution in [0.1, 0.15) is 6.92 Å². The first-order valence-electron chi connectivity index (χ1n) is 5.60. The smallest absolute Gasteiger partial charge is 0.303 e. The fourth-order valence-corrected chi connectivity index (χ4v) is 2.06. The molecule has 1 heterocycles.